The number of nitrogens with two attached hydrogens (primary N) is 1. The third kappa shape index (κ3) is 2.45. The van der Waals surface area contributed by atoms with Crippen molar-refractivity contribution in [3.8, 4) is 0 Å². The van der Waals surface area contributed by atoms with Crippen LogP contribution in [0.2, 0.25) is 0 Å². The van der Waals surface area contributed by atoms with Crippen molar-refractivity contribution < 1.29 is 9.59 Å². The van der Waals surface area contributed by atoms with Crippen molar-refractivity contribution in [1.29, 1.82) is 0 Å². The van der Waals surface area contributed by atoms with Crippen LogP contribution >= 0.6 is 0 Å². The number of hydrogen-bond donors (Lipinski definition) is 2. The van der Waals surface area contributed by atoms with Gasteiger partial charge in [0.05, 0.1) is 18.1 Å². The van der Waals surface area contributed by atoms with Crippen molar-refractivity contribution in [3.63, 3.8) is 0 Å². The van der Waals surface area contributed by atoms with Crippen LogP contribution in [0.1, 0.15) is 24.0 Å². The molecular weight excluding hydrogens is 306 g/mol. The molecule has 3 N–H and O–H groups in total. The lowest BCUT2D eigenvalue weighted by Crippen LogP contribution is -2.45. The Labute approximate surface area is 139 Å². The molecule has 125 valence electrons. The molecule has 3 heterocycles. The Kier molecular flexibility index (Phi) is 3.72. The Morgan fingerprint density at radius 2 is 2.08 bits per heavy atom. The van der Waals surface area contributed by atoms with Gasteiger partial charge in [-0.2, -0.15) is 9.78 Å². The van der Waals surface area contributed by atoms with Crippen LogP contribution in [0.15, 0.2) is 18.3 Å². The van der Waals surface area contributed by atoms with Gasteiger partial charge in [0.15, 0.2) is 0 Å². The van der Waals surface area contributed by atoms with Gasteiger partial charge in [0, 0.05) is 18.0 Å². The molecular formula is C17H20N5O2. The Balaban J connectivity index is 1.77. The van der Waals surface area contributed by atoms with E-state index in [4.69, 9.17) is 5.73 Å². The molecule has 2 aliphatic rings. The lowest BCUT2D eigenvalue weighted by Gasteiger charge is -2.34. The van der Waals surface area contributed by atoms with Crippen LogP contribution in [0.3, 0.4) is 0 Å². The fourth-order valence-corrected chi connectivity index (χ4v) is 3.75. The van der Waals surface area contributed by atoms with Gasteiger partial charge in [-0.3, -0.25) is 4.79 Å². The molecule has 0 spiro atoms. The molecule has 7 heteroatoms. The molecule has 24 heavy (non-hydrogen) atoms. The molecule has 1 fully saturated rings. The van der Waals surface area contributed by atoms with E-state index in [9.17, 15) is 9.59 Å². The summed E-state index contributed by atoms with van der Waals surface area (Å²) in [6, 6.07) is 3.47. The number of nitrogens with zero attached hydrogens (tertiary/aromatic N) is 3. The number of fused-ring (bicyclic) bond motifs is 3. The maximum Gasteiger partial charge on any atom is 0.340 e. The maximum absolute atomic E-state index is 12.6. The molecule has 4 rings (SSSR count). The number of piperidine rings is 1. The van der Waals surface area contributed by atoms with Crippen molar-refractivity contribution in [1.82, 2.24) is 20.0 Å². The van der Waals surface area contributed by atoms with Gasteiger partial charge in [0.2, 0.25) is 5.91 Å². The summed E-state index contributed by atoms with van der Waals surface area (Å²) in [5, 5.41) is 8.34. The average molecular weight is 326 g/mol. The van der Waals surface area contributed by atoms with Gasteiger partial charge >= 0.3 is 6.03 Å². The smallest absolute Gasteiger partial charge is 0.340 e. The van der Waals surface area contributed by atoms with Gasteiger partial charge in [-0.15, -0.1) is 0 Å². The quantitative estimate of drug-likeness (QED) is 0.811. The van der Waals surface area contributed by atoms with Crippen LogP contribution in [-0.2, 0) is 17.8 Å². The Morgan fingerprint density at radius 1 is 1.29 bits per heavy atom. The van der Waals surface area contributed by atoms with E-state index in [0.29, 0.717) is 18.5 Å². The van der Waals surface area contributed by atoms with E-state index in [1.165, 1.54) is 4.68 Å². The molecule has 1 radical (unpaired) electrons. The summed E-state index contributed by atoms with van der Waals surface area (Å²) in [6.45, 7) is 2.42. The van der Waals surface area contributed by atoms with Gasteiger partial charge in [-0.1, -0.05) is 6.07 Å². The van der Waals surface area contributed by atoms with E-state index in [1.807, 2.05) is 17.0 Å². The number of carbonyl (C=O) groups is 2. The van der Waals surface area contributed by atoms with Gasteiger partial charge in [-0.25, -0.2) is 4.79 Å². The Hall–Kier alpha value is -2.41. The minimum atomic E-state index is -0.601. The van der Waals surface area contributed by atoms with Crippen LogP contribution in [0.4, 0.5) is 4.79 Å². The zero-order chi connectivity index (χ0) is 16.7. The molecule has 1 aromatic carbocycles. The molecule has 7 nitrogen and oxygen atoms in total. The lowest BCUT2D eigenvalue weighted by molar-refractivity contribution is -0.130. The predicted molar refractivity (Wildman–Crippen MR) is 89.2 cm³/mol. The summed E-state index contributed by atoms with van der Waals surface area (Å²) in [7, 11) is 0. The predicted octanol–water partition coefficient (Wildman–Crippen LogP) is 0.804. The van der Waals surface area contributed by atoms with E-state index in [-0.39, 0.29) is 11.9 Å². The number of carbonyl (C=O) groups excluding carboxylic acids is 2. The maximum atomic E-state index is 12.6. The molecule has 2 aliphatic heterocycles. The second kappa shape index (κ2) is 5.90. The molecule has 2 amide bonds. The highest BCUT2D eigenvalue weighted by Gasteiger charge is 2.29. The van der Waals surface area contributed by atoms with Crippen molar-refractivity contribution in [2.24, 2.45) is 5.73 Å². The first-order valence-electron chi connectivity index (χ1n) is 8.28. The van der Waals surface area contributed by atoms with Crippen molar-refractivity contribution >= 4 is 22.8 Å². The monoisotopic (exact) mass is 326 g/mol. The third-order valence-corrected chi connectivity index (χ3v) is 5.03. The Bertz CT molecular complexity index is 807. The highest BCUT2D eigenvalue weighted by molar-refractivity contribution is 5.93. The van der Waals surface area contributed by atoms with Crippen LogP contribution in [-0.4, -0.2) is 45.8 Å². The second-order valence-corrected chi connectivity index (χ2v) is 6.39. The summed E-state index contributed by atoms with van der Waals surface area (Å²) >= 11 is 0. The van der Waals surface area contributed by atoms with E-state index in [1.54, 1.807) is 12.6 Å². The minimum Gasteiger partial charge on any atom is -0.350 e. The first-order valence-corrected chi connectivity index (χ1v) is 8.28. The number of aromatic nitrogens is 2. The van der Waals surface area contributed by atoms with E-state index >= 15 is 0 Å². The summed E-state index contributed by atoms with van der Waals surface area (Å²) in [6.07, 6.45) is 5.97. The highest BCUT2D eigenvalue weighted by Crippen LogP contribution is 2.29. The van der Waals surface area contributed by atoms with E-state index in [0.717, 1.165) is 42.4 Å². The second-order valence-electron chi connectivity index (χ2n) is 6.39. The van der Waals surface area contributed by atoms with Gasteiger partial charge in [-0.05, 0) is 49.5 Å². The number of benzene rings is 1. The zero-order valence-corrected chi connectivity index (χ0v) is 13.4. The number of rotatable bonds is 1. The Morgan fingerprint density at radius 3 is 2.83 bits per heavy atom. The van der Waals surface area contributed by atoms with Gasteiger partial charge in [0.25, 0.3) is 0 Å². The summed E-state index contributed by atoms with van der Waals surface area (Å²) in [5.41, 5.74) is 8.25. The normalized spacial score (nSPS) is 19.3. The van der Waals surface area contributed by atoms with Crippen molar-refractivity contribution in [2.75, 3.05) is 13.1 Å². The molecule has 1 saturated heterocycles. The first-order chi connectivity index (χ1) is 11.6. The van der Waals surface area contributed by atoms with E-state index < -0.39 is 6.03 Å². The molecule has 0 atom stereocenters. The number of nitrogens with one attached hydrogen (secondary N) is 1. The number of primary amides is 1. The molecule has 0 bridgehead atoms. The first kappa shape index (κ1) is 15.1. The highest BCUT2D eigenvalue weighted by atomic mass is 16.2. The number of amides is 2. The molecule has 0 saturated carbocycles. The van der Waals surface area contributed by atoms with Crippen molar-refractivity contribution in [2.45, 2.75) is 31.8 Å². The molecule has 0 unspecified atom stereocenters. The van der Waals surface area contributed by atoms with Crippen LogP contribution < -0.4 is 11.1 Å². The largest absolute Gasteiger partial charge is 0.350 e. The topological polar surface area (TPSA) is 93.2 Å². The number of hydrogen-bond acceptors (Lipinski definition) is 4. The minimum absolute atomic E-state index is 0.0912. The average Bonchev–Trinajstić information content (AvgIpc) is 2.95. The SMILES string of the molecule is NC(=O)n1ncc2c3c(ccc21)C[CH]C(=O)N(C1CCNCC1)C3. The fraction of sp³-hybridized carbons (Fsp3) is 0.412. The molecule has 0 aliphatic carbocycles. The van der Waals surface area contributed by atoms with Crippen LogP contribution in [0, 0.1) is 6.42 Å². The lowest BCUT2D eigenvalue weighted by atomic mass is 10.00. The zero-order valence-electron chi connectivity index (χ0n) is 13.4. The summed E-state index contributed by atoms with van der Waals surface area (Å²) in [4.78, 5) is 26.1. The summed E-state index contributed by atoms with van der Waals surface area (Å²) < 4.78 is 1.21. The third-order valence-electron chi connectivity index (χ3n) is 5.03. The van der Waals surface area contributed by atoms with Crippen LogP contribution in [0.5, 0.6) is 0 Å². The van der Waals surface area contributed by atoms with Gasteiger partial charge < -0.3 is 16.0 Å². The molecule has 2 aromatic rings. The standard InChI is InChI=1S/C17H20N5O2/c18-17(24)22-15-3-1-11-2-4-16(23)21(12-5-7-19-8-6-12)10-14(11)13(15)9-20-22/h1,3-4,9,12,19H,2,5-8,10H2,(H2,18,24). The van der Waals surface area contributed by atoms with Crippen LogP contribution in [0.25, 0.3) is 10.9 Å². The fourth-order valence-electron chi connectivity index (χ4n) is 3.75. The summed E-state index contributed by atoms with van der Waals surface area (Å²) in [5.74, 6) is 0.0912. The van der Waals surface area contributed by atoms with E-state index in [2.05, 4.69) is 10.4 Å². The van der Waals surface area contributed by atoms with Crippen molar-refractivity contribution in [3.05, 3.63) is 35.9 Å². The van der Waals surface area contributed by atoms with Gasteiger partial charge in [0.1, 0.15) is 0 Å². The molecule has 1 aromatic heterocycles.